The van der Waals surface area contributed by atoms with Crippen LogP contribution >= 0.6 is 7.60 Å². The zero-order chi connectivity index (χ0) is 25.8. The standard InChI is InChI=1S/C29H36NO5P/c1-23(2)20-27(29(31)32)30-28(19-18-24-12-6-3-7-13-24)36(33,34-21-25-14-8-4-9-15-25)35-22-26-16-10-5-11-17-26/h3-17,23,27-28,30H,18-22H2,1-2H3,(H,31,32)/t27-,28-/m0/s1. The lowest BCUT2D eigenvalue weighted by Gasteiger charge is -2.31. The molecule has 0 aliphatic carbocycles. The van der Waals surface area contributed by atoms with Crippen molar-refractivity contribution in [3.05, 3.63) is 108 Å². The summed E-state index contributed by atoms with van der Waals surface area (Å²) in [7, 11) is -3.81. The van der Waals surface area contributed by atoms with Gasteiger partial charge in [0.2, 0.25) is 0 Å². The summed E-state index contributed by atoms with van der Waals surface area (Å²) in [6.07, 6.45) is 1.39. The molecule has 0 saturated heterocycles. The summed E-state index contributed by atoms with van der Waals surface area (Å²) in [6, 6.07) is 27.9. The van der Waals surface area contributed by atoms with Gasteiger partial charge in [-0.15, -0.1) is 0 Å². The molecule has 3 aromatic carbocycles. The lowest BCUT2D eigenvalue weighted by molar-refractivity contribution is -0.140. The first-order valence-electron chi connectivity index (χ1n) is 12.3. The number of benzene rings is 3. The number of rotatable bonds is 15. The molecule has 3 aromatic rings. The van der Waals surface area contributed by atoms with E-state index in [1.54, 1.807) is 0 Å². The van der Waals surface area contributed by atoms with Crippen molar-refractivity contribution in [2.45, 2.75) is 58.1 Å². The van der Waals surface area contributed by atoms with Gasteiger partial charge < -0.3 is 14.2 Å². The molecule has 0 radical (unpaired) electrons. The van der Waals surface area contributed by atoms with Gasteiger partial charge in [0.1, 0.15) is 11.8 Å². The van der Waals surface area contributed by atoms with Gasteiger partial charge >= 0.3 is 13.6 Å². The molecule has 0 aliphatic heterocycles. The van der Waals surface area contributed by atoms with Crippen molar-refractivity contribution in [3.63, 3.8) is 0 Å². The SMILES string of the molecule is CC(C)C[C@H](N[C@H](CCc1ccccc1)P(=O)(OCc1ccccc1)OCc1ccccc1)C(=O)O. The van der Waals surface area contributed by atoms with E-state index in [4.69, 9.17) is 9.05 Å². The maximum atomic E-state index is 14.4. The van der Waals surface area contributed by atoms with Crippen LogP contribution in [-0.2, 0) is 38.0 Å². The van der Waals surface area contributed by atoms with Gasteiger partial charge in [-0.05, 0) is 41.9 Å². The molecule has 0 aromatic heterocycles. The second-order valence-electron chi connectivity index (χ2n) is 9.29. The van der Waals surface area contributed by atoms with E-state index in [9.17, 15) is 14.5 Å². The van der Waals surface area contributed by atoms with Gasteiger partial charge in [0.15, 0.2) is 0 Å². The number of aryl methyl sites for hydroxylation is 1. The van der Waals surface area contributed by atoms with Crippen LogP contribution in [0.15, 0.2) is 91.0 Å². The molecule has 2 N–H and O–H groups in total. The number of aliphatic carboxylic acids is 1. The maximum Gasteiger partial charge on any atom is 0.348 e. The third-order valence-corrected chi connectivity index (χ3v) is 7.99. The second kappa shape index (κ2) is 14.1. The van der Waals surface area contributed by atoms with Gasteiger partial charge in [0.25, 0.3) is 0 Å². The van der Waals surface area contributed by atoms with E-state index in [1.165, 1.54) is 0 Å². The number of carboxylic acid groups (broad SMARTS) is 1. The molecule has 0 aliphatic rings. The Morgan fingerprint density at radius 1 is 0.806 bits per heavy atom. The van der Waals surface area contributed by atoms with Crippen LogP contribution in [0.1, 0.15) is 43.4 Å². The van der Waals surface area contributed by atoms with E-state index < -0.39 is 25.4 Å². The van der Waals surface area contributed by atoms with Crippen molar-refractivity contribution < 1.29 is 23.5 Å². The number of carbonyl (C=O) groups is 1. The molecule has 0 amide bonds. The fourth-order valence-electron chi connectivity index (χ4n) is 3.92. The summed E-state index contributed by atoms with van der Waals surface area (Å²) in [5.74, 6) is -1.64. The molecular formula is C29H36NO5P. The topological polar surface area (TPSA) is 84.9 Å². The van der Waals surface area contributed by atoms with Crippen LogP contribution in [0.25, 0.3) is 0 Å². The normalized spacial score (nSPS) is 13.4. The van der Waals surface area contributed by atoms with E-state index in [-0.39, 0.29) is 19.1 Å². The zero-order valence-electron chi connectivity index (χ0n) is 21.0. The van der Waals surface area contributed by atoms with E-state index in [2.05, 4.69) is 5.32 Å². The quantitative estimate of drug-likeness (QED) is 0.223. The van der Waals surface area contributed by atoms with E-state index in [1.807, 2.05) is 105 Å². The second-order valence-corrected chi connectivity index (χ2v) is 11.5. The summed E-state index contributed by atoms with van der Waals surface area (Å²) >= 11 is 0. The van der Waals surface area contributed by atoms with E-state index in [0.717, 1.165) is 16.7 Å². The van der Waals surface area contributed by atoms with E-state index >= 15 is 0 Å². The molecular weight excluding hydrogens is 473 g/mol. The van der Waals surface area contributed by atoms with Crippen molar-refractivity contribution in [2.24, 2.45) is 5.92 Å². The minimum atomic E-state index is -3.81. The number of carboxylic acids is 1. The Labute approximate surface area is 214 Å². The molecule has 0 fully saturated rings. The van der Waals surface area contributed by atoms with Crippen molar-refractivity contribution in [2.75, 3.05) is 0 Å². The largest absolute Gasteiger partial charge is 0.480 e. The first kappa shape index (κ1) is 27.8. The van der Waals surface area contributed by atoms with Crippen LogP contribution in [0.5, 0.6) is 0 Å². The summed E-state index contributed by atoms with van der Waals surface area (Å²) in [5, 5.41) is 13.1. The summed E-state index contributed by atoms with van der Waals surface area (Å²) in [6.45, 7) is 4.12. The van der Waals surface area contributed by atoms with Gasteiger partial charge in [0, 0.05) is 0 Å². The van der Waals surface area contributed by atoms with Crippen LogP contribution < -0.4 is 5.32 Å². The highest BCUT2D eigenvalue weighted by molar-refractivity contribution is 7.54. The average Bonchev–Trinajstić information content (AvgIpc) is 2.89. The molecule has 3 rings (SSSR count). The van der Waals surface area contributed by atoms with Crippen LogP contribution in [0.4, 0.5) is 0 Å². The minimum Gasteiger partial charge on any atom is -0.480 e. The number of hydrogen-bond acceptors (Lipinski definition) is 5. The fourth-order valence-corrected chi connectivity index (χ4v) is 5.82. The average molecular weight is 510 g/mol. The highest BCUT2D eigenvalue weighted by Crippen LogP contribution is 2.55. The lowest BCUT2D eigenvalue weighted by Crippen LogP contribution is -2.44. The van der Waals surface area contributed by atoms with Gasteiger partial charge in [-0.1, -0.05) is 105 Å². The molecule has 0 saturated carbocycles. The Hall–Kier alpha value is -2.76. The predicted molar refractivity (Wildman–Crippen MR) is 143 cm³/mol. The minimum absolute atomic E-state index is 0.0956. The smallest absolute Gasteiger partial charge is 0.348 e. The van der Waals surface area contributed by atoms with Gasteiger partial charge in [-0.25, -0.2) is 0 Å². The molecule has 7 heteroatoms. The Balaban J connectivity index is 1.89. The lowest BCUT2D eigenvalue weighted by atomic mass is 10.0. The van der Waals surface area contributed by atoms with Gasteiger partial charge in [-0.3, -0.25) is 14.7 Å². The van der Waals surface area contributed by atoms with Gasteiger partial charge in [0.05, 0.1) is 13.2 Å². The molecule has 0 unspecified atom stereocenters. The fraction of sp³-hybridized carbons (Fsp3) is 0.345. The molecule has 0 heterocycles. The van der Waals surface area contributed by atoms with E-state index in [0.29, 0.717) is 19.3 Å². The Bertz CT molecular complexity index is 1040. The van der Waals surface area contributed by atoms with Crippen molar-refractivity contribution in [1.82, 2.24) is 5.32 Å². The van der Waals surface area contributed by atoms with Crippen molar-refractivity contribution in [1.29, 1.82) is 0 Å². The monoisotopic (exact) mass is 509 g/mol. The van der Waals surface area contributed by atoms with Gasteiger partial charge in [-0.2, -0.15) is 0 Å². The summed E-state index contributed by atoms with van der Waals surface area (Å²) < 4.78 is 26.5. The first-order chi connectivity index (χ1) is 17.4. The number of hydrogen-bond donors (Lipinski definition) is 2. The Morgan fingerprint density at radius 2 is 1.25 bits per heavy atom. The molecule has 0 bridgehead atoms. The molecule has 0 spiro atoms. The van der Waals surface area contributed by atoms with Crippen molar-refractivity contribution >= 4 is 13.6 Å². The van der Waals surface area contributed by atoms with Crippen LogP contribution in [0.2, 0.25) is 0 Å². The predicted octanol–water partition coefficient (Wildman–Crippen LogP) is 6.66. The van der Waals surface area contributed by atoms with Crippen LogP contribution in [0.3, 0.4) is 0 Å². The first-order valence-corrected chi connectivity index (χ1v) is 14.0. The Morgan fingerprint density at radius 3 is 1.67 bits per heavy atom. The third kappa shape index (κ3) is 9.03. The molecule has 6 nitrogen and oxygen atoms in total. The highest BCUT2D eigenvalue weighted by atomic mass is 31.2. The number of nitrogens with one attached hydrogen (secondary N) is 1. The maximum absolute atomic E-state index is 14.4. The van der Waals surface area contributed by atoms with Crippen LogP contribution in [0, 0.1) is 5.92 Å². The molecule has 36 heavy (non-hydrogen) atoms. The zero-order valence-corrected chi connectivity index (χ0v) is 21.8. The summed E-state index contributed by atoms with van der Waals surface area (Å²) in [5.41, 5.74) is 2.79. The molecule has 2 atom stereocenters. The van der Waals surface area contributed by atoms with Crippen LogP contribution in [-0.4, -0.2) is 22.9 Å². The summed E-state index contributed by atoms with van der Waals surface area (Å²) in [4.78, 5) is 12.1. The third-order valence-electron chi connectivity index (χ3n) is 5.84. The van der Waals surface area contributed by atoms with Crippen molar-refractivity contribution in [3.8, 4) is 0 Å². The Kier molecular flexibility index (Phi) is 10.9. The molecule has 192 valence electrons. The highest BCUT2D eigenvalue weighted by Gasteiger charge is 2.39.